The minimum absolute atomic E-state index is 0.0277. The number of anilines is 1. The van der Waals surface area contributed by atoms with Crippen molar-refractivity contribution in [3.8, 4) is 0 Å². The first-order valence-corrected chi connectivity index (χ1v) is 8.37. The Morgan fingerprint density at radius 3 is 2.52 bits per heavy atom. The summed E-state index contributed by atoms with van der Waals surface area (Å²) in [5, 5.41) is 8.82. The molecule has 0 radical (unpaired) electrons. The number of amides is 1. The topological polar surface area (TPSA) is 94.9 Å². The second-order valence-corrected chi connectivity index (χ2v) is 6.42. The molecule has 2 aromatic carbocycles. The molecule has 1 amide bonds. The molecule has 0 atom stereocenters. The summed E-state index contributed by atoms with van der Waals surface area (Å²) in [6.45, 7) is 4.26. The quantitative estimate of drug-likeness (QED) is 0.749. The molecular formula is C20H22N4O. The van der Waals surface area contributed by atoms with Gasteiger partial charge in [0.1, 0.15) is 0 Å². The zero-order valence-electron chi connectivity index (χ0n) is 14.5. The number of aryl methyl sites for hydroxylation is 4. The van der Waals surface area contributed by atoms with E-state index in [0.29, 0.717) is 5.69 Å². The first-order chi connectivity index (χ1) is 12.0. The third-order valence-corrected chi connectivity index (χ3v) is 4.54. The third-order valence-electron chi connectivity index (χ3n) is 4.54. The summed E-state index contributed by atoms with van der Waals surface area (Å²) in [6.07, 6.45) is 2.88. The molecule has 1 aromatic heterocycles. The van der Waals surface area contributed by atoms with Gasteiger partial charge in [-0.3, -0.25) is 4.79 Å². The predicted molar refractivity (Wildman–Crippen MR) is 100 cm³/mol. The van der Waals surface area contributed by atoms with Crippen molar-refractivity contribution >= 4 is 22.5 Å². The molecule has 4 N–H and O–H groups in total. The van der Waals surface area contributed by atoms with Gasteiger partial charge in [0.2, 0.25) is 0 Å². The van der Waals surface area contributed by atoms with Gasteiger partial charge in [-0.25, -0.2) is 0 Å². The Morgan fingerprint density at radius 2 is 1.80 bits per heavy atom. The average molecular weight is 334 g/mol. The Bertz CT molecular complexity index is 950. The van der Waals surface area contributed by atoms with Gasteiger partial charge in [-0.2, -0.15) is 0 Å². The first-order valence-electron chi connectivity index (χ1n) is 8.37. The number of nitrogen functional groups attached to an aromatic ring is 1. The standard InChI is InChI=1S/C20H22N4O/c1-12-9-10-14(13(2)11-12)5-3-6-15-7-4-8-16-17(21)19(20(22)25)24-23-18(15)16/h4,7-11H,3,5-6H2,1-2H3,(H2,21,23)(H2,22,25). The van der Waals surface area contributed by atoms with Gasteiger partial charge in [0.25, 0.3) is 5.91 Å². The first kappa shape index (κ1) is 16.9. The molecule has 5 nitrogen and oxygen atoms in total. The normalized spacial score (nSPS) is 11.0. The van der Waals surface area contributed by atoms with Crippen LogP contribution in [0.2, 0.25) is 0 Å². The second kappa shape index (κ2) is 6.89. The zero-order valence-corrected chi connectivity index (χ0v) is 14.5. The molecule has 25 heavy (non-hydrogen) atoms. The van der Waals surface area contributed by atoms with E-state index in [1.807, 2.05) is 18.2 Å². The highest BCUT2D eigenvalue weighted by Crippen LogP contribution is 2.25. The van der Waals surface area contributed by atoms with Crippen LogP contribution in [0.25, 0.3) is 10.9 Å². The molecule has 0 unspecified atom stereocenters. The van der Waals surface area contributed by atoms with Gasteiger partial charge in [-0.05, 0) is 49.8 Å². The van der Waals surface area contributed by atoms with Crippen LogP contribution >= 0.6 is 0 Å². The van der Waals surface area contributed by atoms with E-state index in [-0.39, 0.29) is 5.69 Å². The minimum atomic E-state index is -0.660. The fraction of sp³-hybridized carbons (Fsp3) is 0.250. The van der Waals surface area contributed by atoms with Crippen molar-refractivity contribution in [2.24, 2.45) is 5.73 Å². The molecule has 3 rings (SSSR count). The van der Waals surface area contributed by atoms with Crippen LogP contribution in [-0.4, -0.2) is 16.1 Å². The van der Waals surface area contributed by atoms with E-state index in [4.69, 9.17) is 11.5 Å². The van der Waals surface area contributed by atoms with Gasteiger partial charge in [-0.15, -0.1) is 10.2 Å². The van der Waals surface area contributed by atoms with Crippen molar-refractivity contribution in [2.75, 3.05) is 5.73 Å². The molecule has 0 saturated carbocycles. The van der Waals surface area contributed by atoms with Gasteiger partial charge >= 0.3 is 0 Å². The summed E-state index contributed by atoms with van der Waals surface area (Å²) in [5.41, 5.74) is 17.5. The highest BCUT2D eigenvalue weighted by Gasteiger charge is 2.14. The van der Waals surface area contributed by atoms with Crippen molar-refractivity contribution in [1.82, 2.24) is 10.2 Å². The Kier molecular flexibility index (Phi) is 4.65. The molecule has 0 aliphatic rings. The van der Waals surface area contributed by atoms with Gasteiger partial charge < -0.3 is 11.5 Å². The van der Waals surface area contributed by atoms with E-state index in [1.165, 1.54) is 16.7 Å². The fourth-order valence-electron chi connectivity index (χ4n) is 3.19. The van der Waals surface area contributed by atoms with Crippen LogP contribution in [0.4, 0.5) is 5.69 Å². The Labute approximate surface area is 147 Å². The van der Waals surface area contributed by atoms with Gasteiger partial charge in [0.15, 0.2) is 5.69 Å². The predicted octanol–water partition coefficient (Wildman–Crippen LogP) is 3.10. The summed E-state index contributed by atoms with van der Waals surface area (Å²) < 4.78 is 0. The number of aromatic nitrogens is 2. The lowest BCUT2D eigenvalue weighted by Crippen LogP contribution is -2.17. The van der Waals surface area contributed by atoms with Gasteiger partial charge in [0, 0.05) is 5.39 Å². The summed E-state index contributed by atoms with van der Waals surface area (Å²) in [4.78, 5) is 11.4. The van der Waals surface area contributed by atoms with E-state index >= 15 is 0 Å². The number of carbonyl (C=O) groups excluding carboxylic acids is 1. The molecule has 3 aromatic rings. The van der Waals surface area contributed by atoms with Crippen LogP contribution in [0, 0.1) is 13.8 Å². The Morgan fingerprint density at radius 1 is 1.04 bits per heavy atom. The number of rotatable bonds is 5. The van der Waals surface area contributed by atoms with E-state index in [9.17, 15) is 4.79 Å². The van der Waals surface area contributed by atoms with Crippen molar-refractivity contribution < 1.29 is 4.79 Å². The molecule has 0 aliphatic carbocycles. The van der Waals surface area contributed by atoms with Crippen molar-refractivity contribution in [1.29, 1.82) is 0 Å². The number of benzene rings is 2. The van der Waals surface area contributed by atoms with Gasteiger partial charge in [-0.1, -0.05) is 42.0 Å². The smallest absolute Gasteiger partial charge is 0.271 e. The molecular weight excluding hydrogens is 312 g/mol. The maximum Gasteiger partial charge on any atom is 0.271 e. The number of hydrogen-bond acceptors (Lipinski definition) is 4. The monoisotopic (exact) mass is 334 g/mol. The zero-order chi connectivity index (χ0) is 18.0. The van der Waals surface area contributed by atoms with Crippen LogP contribution in [-0.2, 0) is 12.8 Å². The lowest BCUT2D eigenvalue weighted by atomic mass is 9.98. The number of nitrogens with zero attached hydrogens (tertiary/aromatic N) is 2. The lowest BCUT2D eigenvalue weighted by Gasteiger charge is -2.10. The third kappa shape index (κ3) is 3.45. The molecule has 1 heterocycles. The minimum Gasteiger partial charge on any atom is -0.396 e. The molecule has 128 valence electrons. The molecule has 0 aliphatic heterocycles. The van der Waals surface area contributed by atoms with E-state index in [1.54, 1.807) is 0 Å². The van der Waals surface area contributed by atoms with Crippen LogP contribution in [0.1, 0.15) is 39.2 Å². The highest BCUT2D eigenvalue weighted by molar-refractivity contribution is 6.04. The summed E-state index contributed by atoms with van der Waals surface area (Å²) in [6, 6.07) is 12.4. The number of carbonyl (C=O) groups is 1. The summed E-state index contributed by atoms with van der Waals surface area (Å²) >= 11 is 0. The fourth-order valence-corrected chi connectivity index (χ4v) is 3.19. The maximum atomic E-state index is 11.4. The highest BCUT2D eigenvalue weighted by atomic mass is 16.1. The Hall–Kier alpha value is -2.95. The van der Waals surface area contributed by atoms with Gasteiger partial charge in [0.05, 0.1) is 11.2 Å². The average Bonchev–Trinajstić information content (AvgIpc) is 2.57. The van der Waals surface area contributed by atoms with Crippen molar-refractivity contribution in [3.05, 3.63) is 64.3 Å². The molecule has 0 saturated heterocycles. The van der Waals surface area contributed by atoms with Crippen molar-refractivity contribution in [3.63, 3.8) is 0 Å². The van der Waals surface area contributed by atoms with E-state index < -0.39 is 5.91 Å². The second-order valence-electron chi connectivity index (χ2n) is 6.42. The number of primary amides is 1. The maximum absolute atomic E-state index is 11.4. The van der Waals surface area contributed by atoms with Crippen molar-refractivity contribution in [2.45, 2.75) is 33.1 Å². The summed E-state index contributed by atoms with van der Waals surface area (Å²) in [5.74, 6) is -0.660. The molecule has 5 heteroatoms. The SMILES string of the molecule is Cc1ccc(CCCc2cccc3c(N)c(C(N)=O)nnc23)c(C)c1. The molecule has 0 spiro atoms. The van der Waals surface area contributed by atoms with Crippen LogP contribution in [0.3, 0.4) is 0 Å². The van der Waals surface area contributed by atoms with Crippen LogP contribution in [0.15, 0.2) is 36.4 Å². The van der Waals surface area contributed by atoms with Crippen LogP contribution in [0.5, 0.6) is 0 Å². The lowest BCUT2D eigenvalue weighted by molar-refractivity contribution is 0.0996. The van der Waals surface area contributed by atoms with E-state index in [0.717, 1.165) is 35.7 Å². The number of nitrogens with two attached hydrogens (primary N) is 2. The largest absolute Gasteiger partial charge is 0.396 e. The number of fused-ring (bicyclic) bond motifs is 1. The molecule has 0 bridgehead atoms. The van der Waals surface area contributed by atoms with E-state index in [2.05, 4.69) is 42.2 Å². The van der Waals surface area contributed by atoms with Crippen LogP contribution < -0.4 is 11.5 Å². The summed E-state index contributed by atoms with van der Waals surface area (Å²) in [7, 11) is 0. The Balaban J connectivity index is 1.82. The molecule has 0 fully saturated rings. The number of hydrogen-bond donors (Lipinski definition) is 2.